The maximum atomic E-state index is 12.9. The number of amides is 1. The molecule has 1 saturated carbocycles. The molecule has 2 aromatic carbocycles. The second-order valence-corrected chi connectivity index (χ2v) is 11.3. The third-order valence-electron chi connectivity index (χ3n) is 6.71. The number of benzene rings is 2. The third-order valence-corrected chi connectivity index (χ3v) is 8.24. The average molecular weight is 557 g/mol. The zero-order valence-corrected chi connectivity index (χ0v) is 22.1. The van der Waals surface area contributed by atoms with E-state index in [1.807, 2.05) is 32.0 Å². The molecular weight excluding hydrogens is 525 g/mol. The molecule has 1 heterocycles. The van der Waals surface area contributed by atoms with Gasteiger partial charge in [-0.05, 0) is 86.9 Å². The van der Waals surface area contributed by atoms with Crippen LogP contribution in [0.2, 0.25) is 0 Å². The number of aryl methyl sites for hydroxylation is 3. The quantitative estimate of drug-likeness (QED) is 0.466. The van der Waals surface area contributed by atoms with Crippen LogP contribution in [0, 0.1) is 20.8 Å². The Hall–Kier alpha value is -3.12. The van der Waals surface area contributed by atoms with E-state index in [4.69, 9.17) is 14.6 Å². The number of aliphatic carboxylic acids is 1. The van der Waals surface area contributed by atoms with Crippen molar-refractivity contribution in [3.8, 4) is 0 Å². The monoisotopic (exact) mass is 556 g/mol. The molecule has 2 aromatic rings. The lowest BCUT2D eigenvalue weighted by Gasteiger charge is -2.18. The number of ether oxygens (including phenoxy) is 1. The highest BCUT2D eigenvalue weighted by atomic mass is 32.2. The minimum Gasteiger partial charge on any atom is -0.475 e. The Balaban J connectivity index is 0.000000505. The summed E-state index contributed by atoms with van der Waals surface area (Å²) in [4.78, 5) is 22.0. The molecule has 2 fully saturated rings. The van der Waals surface area contributed by atoms with Crippen LogP contribution in [0.5, 0.6) is 0 Å². The van der Waals surface area contributed by atoms with E-state index in [1.54, 1.807) is 25.1 Å². The summed E-state index contributed by atoms with van der Waals surface area (Å²) in [5, 5.41) is 10.2. The zero-order chi connectivity index (χ0) is 28.3. The van der Waals surface area contributed by atoms with Crippen LogP contribution < -0.4 is 10.0 Å². The molecule has 208 valence electrons. The topological polar surface area (TPSA) is 122 Å². The maximum Gasteiger partial charge on any atom is 0.490 e. The first-order chi connectivity index (χ1) is 17.7. The van der Waals surface area contributed by atoms with Crippen LogP contribution in [0.25, 0.3) is 0 Å². The summed E-state index contributed by atoms with van der Waals surface area (Å²) in [6.45, 7) is 6.99. The number of hydrogen-bond donors (Lipinski definition) is 3. The predicted octanol–water partition coefficient (Wildman–Crippen LogP) is 4.37. The molecule has 1 unspecified atom stereocenters. The van der Waals surface area contributed by atoms with Crippen LogP contribution in [-0.4, -0.2) is 50.8 Å². The molecule has 1 amide bonds. The first kappa shape index (κ1) is 29.4. The zero-order valence-electron chi connectivity index (χ0n) is 21.3. The standard InChI is InChI=1S/C24H30N2O4S.C2HF3O2/c1-16-13-18(3)22(14-17(16)2)31(28,29)26-20-8-6-19(7-9-20)24(10-11-24)23(27)25-15-21-5-4-12-30-21;3-2(4,5)1(6)7/h6-9,13-14,21,26H,4-5,10-12,15H2,1-3H3,(H,25,27);(H,6,7). The molecule has 1 aliphatic heterocycles. The lowest BCUT2D eigenvalue weighted by Crippen LogP contribution is -2.39. The Morgan fingerprint density at radius 2 is 1.63 bits per heavy atom. The highest BCUT2D eigenvalue weighted by Crippen LogP contribution is 2.48. The number of carbonyl (C=O) groups is 2. The van der Waals surface area contributed by atoms with Gasteiger partial charge < -0.3 is 15.2 Å². The highest BCUT2D eigenvalue weighted by molar-refractivity contribution is 7.92. The molecule has 1 saturated heterocycles. The first-order valence-corrected chi connectivity index (χ1v) is 13.6. The van der Waals surface area contributed by atoms with E-state index >= 15 is 0 Å². The summed E-state index contributed by atoms with van der Waals surface area (Å²) in [5.74, 6) is -2.73. The van der Waals surface area contributed by atoms with Gasteiger partial charge in [0.25, 0.3) is 10.0 Å². The number of alkyl halides is 3. The molecular formula is C26H31F3N2O6S. The third kappa shape index (κ3) is 7.04. The van der Waals surface area contributed by atoms with E-state index in [0.717, 1.165) is 49.0 Å². The van der Waals surface area contributed by atoms with E-state index < -0.39 is 27.6 Å². The Bertz CT molecular complexity index is 1280. The largest absolute Gasteiger partial charge is 0.490 e. The average Bonchev–Trinajstić information content (AvgIpc) is 3.47. The van der Waals surface area contributed by atoms with Gasteiger partial charge in [0.2, 0.25) is 5.91 Å². The van der Waals surface area contributed by atoms with Gasteiger partial charge >= 0.3 is 12.1 Å². The van der Waals surface area contributed by atoms with Crippen LogP contribution in [-0.2, 0) is 29.8 Å². The summed E-state index contributed by atoms with van der Waals surface area (Å²) in [5.41, 5.74) is 3.62. The number of sulfonamides is 1. The highest BCUT2D eigenvalue weighted by Gasteiger charge is 2.51. The molecule has 0 radical (unpaired) electrons. The Labute approximate surface area is 219 Å². The molecule has 0 spiro atoms. The molecule has 8 nitrogen and oxygen atoms in total. The Morgan fingerprint density at radius 3 is 2.13 bits per heavy atom. The summed E-state index contributed by atoms with van der Waals surface area (Å²) in [6.07, 6.45) is -1.33. The lowest BCUT2D eigenvalue weighted by atomic mass is 9.94. The Kier molecular flexibility index (Phi) is 8.77. The van der Waals surface area contributed by atoms with Gasteiger partial charge in [0.15, 0.2) is 0 Å². The van der Waals surface area contributed by atoms with Crippen molar-refractivity contribution in [1.82, 2.24) is 5.32 Å². The van der Waals surface area contributed by atoms with E-state index in [2.05, 4.69) is 10.0 Å². The van der Waals surface area contributed by atoms with E-state index in [9.17, 15) is 26.4 Å². The molecule has 12 heteroatoms. The van der Waals surface area contributed by atoms with Crippen LogP contribution in [0.15, 0.2) is 41.3 Å². The van der Waals surface area contributed by atoms with E-state index in [1.165, 1.54) is 0 Å². The van der Waals surface area contributed by atoms with Gasteiger partial charge in [0.1, 0.15) is 0 Å². The minimum atomic E-state index is -5.08. The van der Waals surface area contributed by atoms with Crippen molar-refractivity contribution in [1.29, 1.82) is 0 Å². The second-order valence-electron chi connectivity index (χ2n) is 9.61. The van der Waals surface area contributed by atoms with Crippen LogP contribution in [0.4, 0.5) is 18.9 Å². The van der Waals surface area contributed by atoms with E-state index in [-0.39, 0.29) is 16.9 Å². The number of hydrogen-bond acceptors (Lipinski definition) is 5. The molecule has 38 heavy (non-hydrogen) atoms. The molecule has 3 N–H and O–H groups in total. The number of halogens is 3. The molecule has 4 rings (SSSR count). The second kappa shape index (κ2) is 11.3. The van der Waals surface area contributed by atoms with Crippen molar-refractivity contribution in [3.05, 3.63) is 58.7 Å². The van der Waals surface area contributed by atoms with Crippen molar-refractivity contribution in [2.45, 2.75) is 69.0 Å². The first-order valence-electron chi connectivity index (χ1n) is 12.1. The van der Waals surface area contributed by atoms with Gasteiger partial charge in [0.05, 0.1) is 16.4 Å². The smallest absolute Gasteiger partial charge is 0.475 e. The number of carboxylic acid groups (broad SMARTS) is 1. The van der Waals surface area contributed by atoms with Crippen molar-refractivity contribution >= 4 is 27.6 Å². The van der Waals surface area contributed by atoms with Gasteiger partial charge in [-0.1, -0.05) is 18.2 Å². The molecule has 1 aliphatic carbocycles. The molecule has 2 aliphatic rings. The summed E-state index contributed by atoms with van der Waals surface area (Å²) in [6, 6.07) is 10.8. The van der Waals surface area contributed by atoms with Crippen LogP contribution in [0.1, 0.15) is 47.9 Å². The number of nitrogens with one attached hydrogen (secondary N) is 2. The van der Waals surface area contributed by atoms with Crippen molar-refractivity contribution in [2.24, 2.45) is 0 Å². The number of carboxylic acids is 1. The van der Waals surface area contributed by atoms with Gasteiger partial charge in [-0.15, -0.1) is 0 Å². The van der Waals surface area contributed by atoms with Gasteiger partial charge in [-0.25, -0.2) is 13.2 Å². The van der Waals surface area contributed by atoms with Crippen molar-refractivity contribution in [3.63, 3.8) is 0 Å². The van der Waals surface area contributed by atoms with Gasteiger partial charge in [-0.3, -0.25) is 9.52 Å². The van der Waals surface area contributed by atoms with Gasteiger partial charge in [-0.2, -0.15) is 13.2 Å². The SMILES string of the molecule is Cc1cc(C)c(S(=O)(=O)Nc2ccc(C3(C(=O)NCC4CCCO4)CC3)cc2)cc1C.O=C(O)C(F)(F)F. The Morgan fingerprint density at radius 1 is 1.05 bits per heavy atom. The maximum absolute atomic E-state index is 12.9. The fourth-order valence-corrected chi connectivity index (χ4v) is 5.61. The van der Waals surface area contributed by atoms with Crippen molar-refractivity contribution < 1.29 is 41.0 Å². The summed E-state index contributed by atoms with van der Waals surface area (Å²) in [7, 11) is -3.69. The number of carbonyl (C=O) groups excluding carboxylic acids is 1. The predicted molar refractivity (Wildman–Crippen MR) is 134 cm³/mol. The fraction of sp³-hybridized carbons (Fsp3) is 0.462. The summed E-state index contributed by atoms with van der Waals surface area (Å²) < 4.78 is 65.8. The molecule has 0 aromatic heterocycles. The van der Waals surface area contributed by atoms with Crippen LogP contribution in [0.3, 0.4) is 0 Å². The molecule has 0 bridgehead atoms. The minimum absolute atomic E-state index is 0.0297. The summed E-state index contributed by atoms with van der Waals surface area (Å²) >= 11 is 0. The fourth-order valence-electron chi connectivity index (χ4n) is 4.24. The van der Waals surface area contributed by atoms with Crippen LogP contribution >= 0.6 is 0 Å². The lowest BCUT2D eigenvalue weighted by molar-refractivity contribution is -0.192. The van der Waals surface area contributed by atoms with Gasteiger partial charge in [0, 0.05) is 18.8 Å². The van der Waals surface area contributed by atoms with E-state index in [0.29, 0.717) is 17.8 Å². The number of anilines is 1. The molecule has 1 atom stereocenters. The normalized spacial score (nSPS) is 18.2. The number of rotatable bonds is 7. The van der Waals surface area contributed by atoms with Crippen molar-refractivity contribution in [2.75, 3.05) is 17.9 Å².